The summed E-state index contributed by atoms with van der Waals surface area (Å²) in [5.74, 6) is 1.30. The number of thiocarbonyl (C=S) groups is 1. The molecular formula is C13H19N3O2S2. The highest BCUT2D eigenvalue weighted by molar-refractivity contribution is 7.91. The molecular weight excluding hydrogens is 294 g/mol. The van der Waals surface area contributed by atoms with Crippen molar-refractivity contribution in [3.05, 3.63) is 22.9 Å². The maximum atomic E-state index is 11.5. The van der Waals surface area contributed by atoms with Gasteiger partial charge in [-0.1, -0.05) is 12.2 Å². The van der Waals surface area contributed by atoms with Gasteiger partial charge in [-0.2, -0.15) is 0 Å². The van der Waals surface area contributed by atoms with Crippen LogP contribution in [-0.2, 0) is 9.84 Å². The van der Waals surface area contributed by atoms with Gasteiger partial charge in [0.05, 0.1) is 17.1 Å². The van der Waals surface area contributed by atoms with Crippen LogP contribution in [0.25, 0.3) is 0 Å². The zero-order valence-corrected chi connectivity index (χ0v) is 13.3. The Morgan fingerprint density at radius 2 is 2.25 bits per heavy atom. The van der Waals surface area contributed by atoms with E-state index >= 15 is 0 Å². The number of aromatic nitrogens is 1. The monoisotopic (exact) mass is 313 g/mol. The summed E-state index contributed by atoms with van der Waals surface area (Å²) in [6.07, 6.45) is 0.697. The largest absolute Gasteiger partial charge is 0.389 e. The minimum atomic E-state index is -2.85. The quantitative estimate of drug-likeness (QED) is 0.812. The van der Waals surface area contributed by atoms with Crippen molar-refractivity contribution in [2.75, 3.05) is 23.4 Å². The first-order chi connectivity index (χ1) is 9.28. The molecule has 2 heterocycles. The molecule has 0 aliphatic carbocycles. The van der Waals surface area contributed by atoms with Gasteiger partial charge in [-0.25, -0.2) is 13.4 Å². The number of hydrogen-bond acceptors (Lipinski definition) is 5. The van der Waals surface area contributed by atoms with E-state index in [9.17, 15) is 8.42 Å². The van der Waals surface area contributed by atoms with E-state index in [4.69, 9.17) is 18.0 Å². The fraction of sp³-hybridized carbons (Fsp3) is 0.538. The van der Waals surface area contributed by atoms with Crippen LogP contribution in [0.2, 0.25) is 0 Å². The van der Waals surface area contributed by atoms with Crippen LogP contribution in [0.1, 0.15) is 23.2 Å². The van der Waals surface area contributed by atoms with Crippen LogP contribution < -0.4 is 11.1 Å². The van der Waals surface area contributed by atoms with E-state index in [2.05, 4.69) is 10.3 Å². The van der Waals surface area contributed by atoms with Crippen LogP contribution in [0.5, 0.6) is 0 Å². The summed E-state index contributed by atoms with van der Waals surface area (Å²) in [6, 6.07) is 1.93. The van der Waals surface area contributed by atoms with Gasteiger partial charge in [-0.05, 0) is 37.8 Å². The second kappa shape index (κ2) is 5.65. The standard InChI is InChI=1S/C13H19N3O2S2/c1-8-5-9(2)16-13(11(8)12(14)19)15-6-10-3-4-20(17,18)7-10/h5,10H,3-4,6-7H2,1-2H3,(H2,14,19)(H,15,16). The van der Waals surface area contributed by atoms with Gasteiger partial charge in [0.2, 0.25) is 0 Å². The number of rotatable bonds is 4. The third kappa shape index (κ3) is 3.46. The molecule has 1 aromatic heterocycles. The molecule has 1 aliphatic heterocycles. The Kier molecular flexibility index (Phi) is 4.29. The van der Waals surface area contributed by atoms with Crippen LogP contribution in [0, 0.1) is 19.8 Å². The topological polar surface area (TPSA) is 85.1 Å². The molecule has 1 unspecified atom stereocenters. The van der Waals surface area contributed by atoms with Crippen molar-refractivity contribution in [3.8, 4) is 0 Å². The Morgan fingerprint density at radius 1 is 1.55 bits per heavy atom. The average molecular weight is 313 g/mol. The van der Waals surface area contributed by atoms with E-state index in [1.807, 2.05) is 19.9 Å². The smallest absolute Gasteiger partial charge is 0.150 e. The fourth-order valence-corrected chi connectivity index (χ4v) is 4.67. The molecule has 0 aromatic carbocycles. The predicted molar refractivity (Wildman–Crippen MR) is 84.8 cm³/mol. The first kappa shape index (κ1) is 15.2. The Balaban J connectivity index is 2.15. The Labute approximate surface area is 124 Å². The van der Waals surface area contributed by atoms with Crippen molar-refractivity contribution >= 4 is 32.9 Å². The molecule has 0 radical (unpaired) electrons. The molecule has 1 aliphatic rings. The van der Waals surface area contributed by atoms with Crippen molar-refractivity contribution < 1.29 is 8.42 Å². The van der Waals surface area contributed by atoms with Crippen LogP contribution in [0.4, 0.5) is 5.82 Å². The van der Waals surface area contributed by atoms with Crippen LogP contribution in [-0.4, -0.2) is 36.4 Å². The van der Waals surface area contributed by atoms with E-state index < -0.39 is 9.84 Å². The van der Waals surface area contributed by atoms with E-state index in [0.717, 1.165) is 16.8 Å². The number of sulfone groups is 1. The minimum absolute atomic E-state index is 0.127. The van der Waals surface area contributed by atoms with E-state index in [0.29, 0.717) is 23.8 Å². The highest BCUT2D eigenvalue weighted by Crippen LogP contribution is 2.22. The molecule has 0 spiro atoms. The van der Waals surface area contributed by atoms with E-state index in [1.54, 1.807) is 0 Å². The van der Waals surface area contributed by atoms with Gasteiger partial charge in [0.1, 0.15) is 10.8 Å². The van der Waals surface area contributed by atoms with Crippen molar-refractivity contribution in [1.82, 2.24) is 4.98 Å². The summed E-state index contributed by atoms with van der Waals surface area (Å²) in [4.78, 5) is 4.73. The van der Waals surface area contributed by atoms with E-state index in [-0.39, 0.29) is 17.4 Å². The van der Waals surface area contributed by atoms with Gasteiger partial charge >= 0.3 is 0 Å². The molecule has 110 valence electrons. The molecule has 7 heteroatoms. The van der Waals surface area contributed by atoms with Crippen molar-refractivity contribution in [2.24, 2.45) is 11.7 Å². The number of nitrogens with zero attached hydrogens (tertiary/aromatic N) is 1. The maximum Gasteiger partial charge on any atom is 0.150 e. The molecule has 2 rings (SSSR count). The summed E-state index contributed by atoms with van der Waals surface area (Å²) in [6.45, 7) is 4.42. The van der Waals surface area contributed by atoms with Crippen LogP contribution >= 0.6 is 12.2 Å². The Hall–Kier alpha value is -1.21. The SMILES string of the molecule is Cc1cc(C)c(C(N)=S)c(NCC2CCS(=O)(=O)C2)n1. The van der Waals surface area contributed by atoms with Gasteiger partial charge < -0.3 is 11.1 Å². The van der Waals surface area contributed by atoms with Gasteiger partial charge in [0.15, 0.2) is 9.84 Å². The number of aryl methyl sites for hydroxylation is 2. The number of anilines is 1. The molecule has 5 nitrogen and oxygen atoms in total. The lowest BCUT2D eigenvalue weighted by Crippen LogP contribution is -2.21. The number of hydrogen-bond donors (Lipinski definition) is 2. The van der Waals surface area contributed by atoms with Gasteiger partial charge in [-0.15, -0.1) is 0 Å². The number of nitrogens with one attached hydrogen (secondary N) is 1. The predicted octanol–water partition coefficient (Wildman–Crippen LogP) is 1.18. The lowest BCUT2D eigenvalue weighted by atomic mass is 10.1. The van der Waals surface area contributed by atoms with Gasteiger partial charge in [0, 0.05) is 12.2 Å². The first-order valence-corrected chi connectivity index (χ1v) is 8.74. The van der Waals surface area contributed by atoms with Crippen LogP contribution in [0.3, 0.4) is 0 Å². The summed E-state index contributed by atoms with van der Waals surface area (Å²) >= 11 is 5.07. The minimum Gasteiger partial charge on any atom is -0.389 e. The zero-order valence-electron chi connectivity index (χ0n) is 11.6. The third-order valence-corrected chi connectivity index (χ3v) is 5.52. The highest BCUT2D eigenvalue weighted by Gasteiger charge is 2.27. The number of pyridine rings is 1. The molecule has 0 bridgehead atoms. The summed E-state index contributed by atoms with van der Waals surface area (Å²) < 4.78 is 22.9. The Morgan fingerprint density at radius 3 is 2.80 bits per heavy atom. The molecule has 1 fully saturated rings. The average Bonchev–Trinajstić information content (AvgIpc) is 2.64. The van der Waals surface area contributed by atoms with Crippen LogP contribution in [0.15, 0.2) is 6.07 Å². The molecule has 20 heavy (non-hydrogen) atoms. The second-order valence-electron chi connectivity index (χ2n) is 5.32. The summed E-state index contributed by atoms with van der Waals surface area (Å²) in [5.41, 5.74) is 8.35. The normalized spacial score (nSPS) is 20.8. The second-order valence-corrected chi connectivity index (χ2v) is 7.99. The summed E-state index contributed by atoms with van der Waals surface area (Å²) in [5, 5.41) is 3.21. The molecule has 3 N–H and O–H groups in total. The summed E-state index contributed by atoms with van der Waals surface area (Å²) in [7, 11) is -2.85. The molecule has 1 atom stereocenters. The third-order valence-electron chi connectivity index (χ3n) is 3.48. The number of nitrogens with two attached hydrogens (primary N) is 1. The van der Waals surface area contributed by atoms with Gasteiger partial charge in [0.25, 0.3) is 0 Å². The first-order valence-electron chi connectivity index (χ1n) is 6.51. The fourth-order valence-electron chi connectivity index (χ4n) is 2.55. The molecule has 1 saturated heterocycles. The lowest BCUT2D eigenvalue weighted by Gasteiger charge is -2.15. The lowest BCUT2D eigenvalue weighted by molar-refractivity contribution is 0.595. The molecule has 0 saturated carbocycles. The van der Waals surface area contributed by atoms with Crippen molar-refractivity contribution in [2.45, 2.75) is 20.3 Å². The zero-order chi connectivity index (χ0) is 14.9. The van der Waals surface area contributed by atoms with Crippen molar-refractivity contribution in [3.63, 3.8) is 0 Å². The van der Waals surface area contributed by atoms with Gasteiger partial charge in [-0.3, -0.25) is 0 Å². The maximum absolute atomic E-state index is 11.5. The molecule has 1 aromatic rings. The Bertz CT molecular complexity index is 641. The molecule has 0 amide bonds. The van der Waals surface area contributed by atoms with E-state index in [1.165, 1.54) is 0 Å². The van der Waals surface area contributed by atoms with Crippen molar-refractivity contribution in [1.29, 1.82) is 0 Å². The highest BCUT2D eigenvalue weighted by atomic mass is 32.2.